The van der Waals surface area contributed by atoms with E-state index in [4.69, 9.17) is 9.15 Å². The minimum Gasteiger partial charge on any atom is -0.494 e. The standard InChI is InChI=1S/C16H19NO2/c1-2-18-13-8-6-12(7-9-13)17-15-4-3-5-16-14(15)10-11-19-16/h6-11,15,17H,2-5H2,1H3. The molecule has 1 aromatic carbocycles. The molecule has 1 heterocycles. The summed E-state index contributed by atoms with van der Waals surface area (Å²) in [6, 6.07) is 10.6. The number of benzene rings is 1. The monoisotopic (exact) mass is 257 g/mol. The highest BCUT2D eigenvalue weighted by Crippen LogP contribution is 2.33. The highest BCUT2D eigenvalue weighted by Gasteiger charge is 2.22. The van der Waals surface area contributed by atoms with Crippen molar-refractivity contribution in [2.45, 2.75) is 32.2 Å². The molecule has 0 fully saturated rings. The molecule has 1 aliphatic rings. The summed E-state index contributed by atoms with van der Waals surface area (Å²) in [5, 5.41) is 3.58. The van der Waals surface area contributed by atoms with Gasteiger partial charge in [-0.25, -0.2) is 0 Å². The van der Waals surface area contributed by atoms with Crippen LogP contribution in [-0.2, 0) is 6.42 Å². The normalized spacial score (nSPS) is 17.8. The number of aryl methyl sites for hydroxylation is 1. The van der Waals surface area contributed by atoms with Gasteiger partial charge in [-0.15, -0.1) is 0 Å². The van der Waals surface area contributed by atoms with E-state index in [1.807, 2.05) is 19.1 Å². The van der Waals surface area contributed by atoms with Crippen LogP contribution >= 0.6 is 0 Å². The summed E-state index contributed by atoms with van der Waals surface area (Å²) in [5.74, 6) is 2.05. The number of fused-ring (bicyclic) bond motifs is 1. The van der Waals surface area contributed by atoms with E-state index in [2.05, 4.69) is 23.5 Å². The fraction of sp³-hybridized carbons (Fsp3) is 0.375. The second kappa shape index (κ2) is 5.39. The van der Waals surface area contributed by atoms with Crippen LogP contribution in [0, 0.1) is 0 Å². The molecule has 0 radical (unpaired) electrons. The SMILES string of the molecule is CCOc1ccc(NC2CCCc3occc32)cc1. The third-order valence-electron chi connectivity index (χ3n) is 3.56. The van der Waals surface area contributed by atoms with Gasteiger partial charge in [0.15, 0.2) is 0 Å². The molecular weight excluding hydrogens is 238 g/mol. The zero-order valence-electron chi connectivity index (χ0n) is 11.2. The Morgan fingerprint density at radius 2 is 2.11 bits per heavy atom. The van der Waals surface area contributed by atoms with Gasteiger partial charge in [0.1, 0.15) is 11.5 Å². The van der Waals surface area contributed by atoms with E-state index in [0.717, 1.165) is 30.0 Å². The van der Waals surface area contributed by atoms with Crippen molar-refractivity contribution in [2.75, 3.05) is 11.9 Å². The van der Waals surface area contributed by atoms with E-state index in [1.165, 1.54) is 12.0 Å². The molecule has 0 amide bonds. The maximum absolute atomic E-state index is 5.51. The Morgan fingerprint density at radius 1 is 1.26 bits per heavy atom. The fourth-order valence-electron chi connectivity index (χ4n) is 2.65. The largest absolute Gasteiger partial charge is 0.494 e. The molecule has 1 aromatic heterocycles. The summed E-state index contributed by atoms with van der Waals surface area (Å²) in [6.07, 6.45) is 5.18. The molecule has 1 aliphatic carbocycles. The van der Waals surface area contributed by atoms with Crippen molar-refractivity contribution >= 4 is 5.69 Å². The number of nitrogens with one attached hydrogen (secondary N) is 1. The molecule has 0 saturated carbocycles. The third-order valence-corrected chi connectivity index (χ3v) is 3.56. The van der Waals surface area contributed by atoms with Crippen LogP contribution < -0.4 is 10.1 Å². The van der Waals surface area contributed by atoms with E-state index >= 15 is 0 Å². The number of hydrogen-bond acceptors (Lipinski definition) is 3. The first-order valence-corrected chi connectivity index (χ1v) is 6.92. The zero-order valence-corrected chi connectivity index (χ0v) is 11.2. The van der Waals surface area contributed by atoms with Crippen molar-refractivity contribution in [1.82, 2.24) is 0 Å². The summed E-state index contributed by atoms with van der Waals surface area (Å²) in [7, 11) is 0. The van der Waals surface area contributed by atoms with Crippen molar-refractivity contribution in [3.63, 3.8) is 0 Å². The molecule has 0 aliphatic heterocycles. The lowest BCUT2D eigenvalue weighted by atomic mass is 9.93. The average molecular weight is 257 g/mol. The molecule has 19 heavy (non-hydrogen) atoms. The lowest BCUT2D eigenvalue weighted by Gasteiger charge is -2.23. The van der Waals surface area contributed by atoms with Gasteiger partial charge in [0.05, 0.1) is 18.9 Å². The van der Waals surface area contributed by atoms with Crippen molar-refractivity contribution in [1.29, 1.82) is 0 Å². The predicted molar refractivity (Wildman–Crippen MR) is 75.6 cm³/mol. The van der Waals surface area contributed by atoms with Gasteiger partial charge in [0.25, 0.3) is 0 Å². The molecule has 3 heteroatoms. The molecule has 2 aromatic rings. The van der Waals surface area contributed by atoms with Gasteiger partial charge in [0, 0.05) is 17.7 Å². The minimum absolute atomic E-state index is 0.362. The third kappa shape index (κ3) is 2.60. The van der Waals surface area contributed by atoms with Crippen LogP contribution in [0.2, 0.25) is 0 Å². The van der Waals surface area contributed by atoms with E-state index < -0.39 is 0 Å². The summed E-state index contributed by atoms with van der Waals surface area (Å²) in [4.78, 5) is 0. The maximum atomic E-state index is 5.51. The van der Waals surface area contributed by atoms with Crippen LogP contribution in [0.4, 0.5) is 5.69 Å². The topological polar surface area (TPSA) is 34.4 Å². The second-order valence-corrected chi connectivity index (χ2v) is 4.85. The van der Waals surface area contributed by atoms with E-state index in [9.17, 15) is 0 Å². The van der Waals surface area contributed by atoms with E-state index in [1.54, 1.807) is 6.26 Å². The number of rotatable bonds is 4. The van der Waals surface area contributed by atoms with E-state index in [0.29, 0.717) is 12.6 Å². The molecule has 0 spiro atoms. The van der Waals surface area contributed by atoms with Crippen LogP contribution in [0.25, 0.3) is 0 Å². The summed E-state index contributed by atoms with van der Waals surface area (Å²) in [5.41, 5.74) is 2.43. The lowest BCUT2D eigenvalue weighted by Crippen LogP contribution is -2.15. The Balaban J connectivity index is 1.72. The van der Waals surface area contributed by atoms with Crippen LogP contribution in [0.3, 0.4) is 0 Å². The fourth-order valence-corrected chi connectivity index (χ4v) is 2.65. The highest BCUT2D eigenvalue weighted by molar-refractivity contribution is 5.48. The first-order chi connectivity index (χ1) is 9.36. The van der Waals surface area contributed by atoms with Gasteiger partial charge >= 0.3 is 0 Å². The van der Waals surface area contributed by atoms with Gasteiger partial charge in [-0.05, 0) is 50.1 Å². The highest BCUT2D eigenvalue weighted by atomic mass is 16.5. The number of hydrogen-bond donors (Lipinski definition) is 1. The lowest BCUT2D eigenvalue weighted by molar-refractivity contribution is 0.340. The Hall–Kier alpha value is -1.90. The molecule has 1 N–H and O–H groups in total. The average Bonchev–Trinajstić information content (AvgIpc) is 2.91. The molecular formula is C16H19NO2. The van der Waals surface area contributed by atoms with Crippen molar-refractivity contribution in [2.24, 2.45) is 0 Å². The number of furan rings is 1. The second-order valence-electron chi connectivity index (χ2n) is 4.85. The van der Waals surface area contributed by atoms with Gasteiger partial charge in [0.2, 0.25) is 0 Å². The molecule has 0 saturated heterocycles. The molecule has 1 unspecified atom stereocenters. The molecule has 1 atom stereocenters. The Morgan fingerprint density at radius 3 is 2.89 bits per heavy atom. The predicted octanol–water partition coefficient (Wildman–Crippen LogP) is 4.17. The first kappa shape index (κ1) is 12.2. The van der Waals surface area contributed by atoms with Crippen molar-refractivity contribution in [3.8, 4) is 5.75 Å². The smallest absolute Gasteiger partial charge is 0.119 e. The van der Waals surface area contributed by atoms with Gasteiger partial charge in [-0.3, -0.25) is 0 Å². The van der Waals surface area contributed by atoms with Crippen molar-refractivity contribution in [3.05, 3.63) is 47.9 Å². The summed E-state index contributed by atoms with van der Waals surface area (Å²) >= 11 is 0. The van der Waals surface area contributed by atoms with Gasteiger partial charge in [-0.2, -0.15) is 0 Å². The zero-order chi connectivity index (χ0) is 13.1. The van der Waals surface area contributed by atoms with Crippen LogP contribution in [0.15, 0.2) is 41.0 Å². The van der Waals surface area contributed by atoms with Gasteiger partial charge in [-0.1, -0.05) is 0 Å². The number of anilines is 1. The van der Waals surface area contributed by atoms with Gasteiger partial charge < -0.3 is 14.5 Å². The summed E-state index contributed by atoms with van der Waals surface area (Å²) < 4.78 is 11.0. The quantitative estimate of drug-likeness (QED) is 0.892. The van der Waals surface area contributed by atoms with Crippen LogP contribution in [-0.4, -0.2) is 6.61 Å². The molecule has 100 valence electrons. The molecule has 0 bridgehead atoms. The van der Waals surface area contributed by atoms with Crippen LogP contribution in [0.5, 0.6) is 5.75 Å². The Kier molecular flexibility index (Phi) is 3.45. The summed E-state index contributed by atoms with van der Waals surface area (Å²) in [6.45, 7) is 2.70. The Labute approximate surface area is 113 Å². The van der Waals surface area contributed by atoms with Crippen LogP contribution in [0.1, 0.15) is 37.1 Å². The molecule has 3 rings (SSSR count). The molecule has 3 nitrogen and oxygen atoms in total. The minimum atomic E-state index is 0.362. The van der Waals surface area contributed by atoms with Crippen molar-refractivity contribution < 1.29 is 9.15 Å². The number of ether oxygens (including phenoxy) is 1. The maximum Gasteiger partial charge on any atom is 0.119 e. The van der Waals surface area contributed by atoms with E-state index in [-0.39, 0.29) is 0 Å². The first-order valence-electron chi connectivity index (χ1n) is 6.92. The Bertz CT molecular complexity index is 530.